The van der Waals surface area contributed by atoms with Crippen LogP contribution < -0.4 is 0 Å². The minimum absolute atomic E-state index is 0.00561. The predicted molar refractivity (Wildman–Crippen MR) is 108 cm³/mol. The molecule has 1 heterocycles. The molecular formula is C23H28N2O2. The van der Waals surface area contributed by atoms with E-state index < -0.39 is 0 Å². The van der Waals surface area contributed by atoms with Crippen molar-refractivity contribution in [1.29, 1.82) is 5.26 Å². The third-order valence-electron chi connectivity index (χ3n) is 5.43. The van der Waals surface area contributed by atoms with Gasteiger partial charge in [-0.3, -0.25) is 4.79 Å². The molecule has 4 nitrogen and oxygen atoms in total. The fraction of sp³-hybridized carbons (Fsp3) is 0.478. The van der Waals surface area contributed by atoms with Gasteiger partial charge >= 0.3 is 0 Å². The Bertz CT molecular complexity index is 869. The standard InChI is InChI=1S/C23H28N2O2/c1-4-8-16(3)13-25-14-19(5-2)27-15-21-18(12-24)11-17-9-6-7-10-20(17)22(21)23(25)26/h6-7,9-11,16,19H,4-5,8,13-15H2,1-3H3. The van der Waals surface area contributed by atoms with Crippen molar-refractivity contribution >= 4 is 16.7 Å². The summed E-state index contributed by atoms with van der Waals surface area (Å²) in [5.74, 6) is 0.466. The first-order chi connectivity index (χ1) is 13.1. The molecule has 0 fully saturated rings. The molecule has 1 aliphatic heterocycles. The molecule has 4 heteroatoms. The van der Waals surface area contributed by atoms with Crippen molar-refractivity contribution in [2.45, 2.75) is 52.7 Å². The van der Waals surface area contributed by atoms with Crippen LogP contribution in [-0.4, -0.2) is 30.0 Å². The van der Waals surface area contributed by atoms with Gasteiger partial charge < -0.3 is 9.64 Å². The molecule has 2 atom stereocenters. The SMILES string of the molecule is CCCC(C)CN1CC(CC)OCc2c(C#N)cc3ccccc3c2C1=O. The van der Waals surface area contributed by atoms with Crippen molar-refractivity contribution in [3.8, 4) is 6.07 Å². The van der Waals surface area contributed by atoms with Crippen LogP contribution in [0.4, 0.5) is 0 Å². The van der Waals surface area contributed by atoms with Crippen LogP contribution in [0.1, 0.15) is 61.5 Å². The molecule has 0 aliphatic carbocycles. The Kier molecular flexibility index (Phi) is 6.13. The Morgan fingerprint density at radius 3 is 2.81 bits per heavy atom. The number of hydrogen-bond acceptors (Lipinski definition) is 3. The van der Waals surface area contributed by atoms with Crippen LogP contribution in [0.25, 0.3) is 10.8 Å². The van der Waals surface area contributed by atoms with Crippen molar-refractivity contribution < 1.29 is 9.53 Å². The third kappa shape index (κ3) is 3.99. The van der Waals surface area contributed by atoms with Crippen molar-refractivity contribution in [3.63, 3.8) is 0 Å². The summed E-state index contributed by atoms with van der Waals surface area (Å²) in [5, 5.41) is 11.5. The molecule has 2 aromatic rings. The van der Waals surface area contributed by atoms with Gasteiger partial charge in [0.2, 0.25) is 0 Å². The first kappa shape index (κ1) is 19.4. The minimum atomic E-state index is -0.00561. The van der Waals surface area contributed by atoms with Gasteiger partial charge in [-0.25, -0.2) is 0 Å². The first-order valence-electron chi connectivity index (χ1n) is 9.94. The van der Waals surface area contributed by atoms with Gasteiger partial charge in [0.1, 0.15) is 0 Å². The van der Waals surface area contributed by atoms with Gasteiger partial charge in [0.25, 0.3) is 5.91 Å². The topological polar surface area (TPSA) is 53.3 Å². The zero-order chi connectivity index (χ0) is 19.4. The number of rotatable bonds is 5. The number of carbonyl (C=O) groups excluding carboxylic acids is 1. The Morgan fingerprint density at radius 2 is 2.11 bits per heavy atom. The lowest BCUT2D eigenvalue weighted by molar-refractivity contribution is 0.00525. The summed E-state index contributed by atoms with van der Waals surface area (Å²) in [6.45, 7) is 8.08. The molecule has 0 aromatic heterocycles. The highest BCUT2D eigenvalue weighted by Crippen LogP contribution is 2.30. The molecule has 142 valence electrons. The monoisotopic (exact) mass is 364 g/mol. The van der Waals surface area contributed by atoms with Crippen LogP contribution in [0.5, 0.6) is 0 Å². The number of benzene rings is 2. The second-order valence-electron chi connectivity index (χ2n) is 7.56. The molecule has 1 amide bonds. The molecule has 0 N–H and O–H groups in total. The summed E-state index contributed by atoms with van der Waals surface area (Å²) in [5.41, 5.74) is 1.91. The molecular weight excluding hydrogens is 336 g/mol. The molecule has 0 saturated heterocycles. The van der Waals surface area contributed by atoms with Crippen molar-refractivity contribution in [2.24, 2.45) is 5.92 Å². The highest BCUT2D eigenvalue weighted by molar-refractivity contribution is 6.09. The average molecular weight is 364 g/mol. The summed E-state index contributed by atoms with van der Waals surface area (Å²) in [6, 6.07) is 12.0. The average Bonchev–Trinajstić information content (AvgIpc) is 2.67. The highest BCUT2D eigenvalue weighted by Gasteiger charge is 2.29. The van der Waals surface area contributed by atoms with Gasteiger partial charge in [0.15, 0.2) is 0 Å². The fourth-order valence-electron chi connectivity index (χ4n) is 3.99. The summed E-state index contributed by atoms with van der Waals surface area (Å²) in [7, 11) is 0. The van der Waals surface area contributed by atoms with E-state index in [1.165, 1.54) is 0 Å². The number of nitrogens with zero attached hydrogens (tertiary/aromatic N) is 2. The zero-order valence-corrected chi connectivity index (χ0v) is 16.5. The molecule has 3 rings (SSSR count). The van der Waals surface area contributed by atoms with Crippen LogP contribution in [0.15, 0.2) is 30.3 Å². The van der Waals surface area contributed by atoms with E-state index in [0.29, 0.717) is 30.2 Å². The number of nitriles is 1. The van der Waals surface area contributed by atoms with Crippen LogP contribution >= 0.6 is 0 Å². The second kappa shape index (κ2) is 8.54. The minimum Gasteiger partial charge on any atom is -0.372 e. The normalized spacial score (nSPS) is 18.5. The van der Waals surface area contributed by atoms with Crippen LogP contribution in [0, 0.1) is 17.2 Å². The number of carbonyl (C=O) groups is 1. The van der Waals surface area contributed by atoms with Crippen LogP contribution in [0.2, 0.25) is 0 Å². The van der Waals surface area contributed by atoms with E-state index in [1.54, 1.807) is 0 Å². The van der Waals surface area contributed by atoms with Gasteiger partial charge in [0.05, 0.1) is 29.9 Å². The van der Waals surface area contributed by atoms with E-state index in [2.05, 4.69) is 26.8 Å². The Balaban J connectivity index is 2.14. The lowest BCUT2D eigenvalue weighted by Gasteiger charge is -2.33. The van der Waals surface area contributed by atoms with Gasteiger partial charge in [-0.2, -0.15) is 5.26 Å². The maximum absolute atomic E-state index is 13.6. The van der Waals surface area contributed by atoms with Gasteiger partial charge in [-0.05, 0) is 35.6 Å². The summed E-state index contributed by atoms with van der Waals surface area (Å²) >= 11 is 0. The Morgan fingerprint density at radius 1 is 1.33 bits per heavy atom. The zero-order valence-electron chi connectivity index (χ0n) is 16.5. The molecule has 0 bridgehead atoms. The van der Waals surface area contributed by atoms with Crippen molar-refractivity contribution in [1.82, 2.24) is 4.90 Å². The predicted octanol–water partition coefficient (Wildman–Crippen LogP) is 4.90. The highest BCUT2D eigenvalue weighted by atomic mass is 16.5. The van der Waals surface area contributed by atoms with E-state index in [9.17, 15) is 10.1 Å². The molecule has 2 aromatic carbocycles. The van der Waals surface area contributed by atoms with Gasteiger partial charge in [-0.15, -0.1) is 0 Å². The number of amides is 1. The van der Waals surface area contributed by atoms with E-state index >= 15 is 0 Å². The van der Waals surface area contributed by atoms with Gasteiger partial charge in [-0.1, -0.05) is 51.5 Å². The lowest BCUT2D eigenvalue weighted by atomic mass is 9.92. The van der Waals surface area contributed by atoms with E-state index in [-0.39, 0.29) is 12.0 Å². The quantitative estimate of drug-likeness (QED) is 0.758. The summed E-state index contributed by atoms with van der Waals surface area (Å²) in [6.07, 6.45) is 3.04. The van der Waals surface area contributed by atoms with Gasteiger partial charge in [0, 0.05) is 18.7 Å². The summed E-state index contributed by atoms with van der Waals surface area (Å²) in [4.78, 5) is 15.6. The molecule has 2 unspecified atom stereocenters. The van der Waals surface area contributed by atoms with Crippen molar-refractivity contribution in [2.75, 3.05) is 13.1 Å². The lowest BCUT2D eigenvalue weighted by Crippen LogP contribution is -2.43. The number of ether oxygens (including phenoxy) is 1. The molecule has 0 spiro atoms. The molecule has 1 aliphatic rings. The third-order valence-corrected chi connectivity index (χ3v) is 5.43. The van der Waals surface area contributed by atoms with E-state index in [0.717, 1.165) is 42.1 Å². The molecule has 0 saturated carbocycles. The summed E-state index contributed by atoms with van der Waals surface area (Å²) < 4.78 is 6.13. The van der Waals surface area contributed by atoms with Crippen LogP contribution in [0.3, 0.4) is 0 Å². The second-order valence-corrected chi connectivity index (χ2v) is 7.56. The maximum Gasteiger partial charge on any atom is 0.254 e. The molecule has 0 radical (unpaired) electrons. The largest absolute Gasteiger partial charge is 0.372 e. The Labute approximate surface area is 161 Å². The first-order valence-corrected chi connectivity index (χ1v) is 9.94. The maximum atomic E-state index is 13.6. The van der Waals surface area contributed by atoms with Crippen molar-refractivity contribution in [3.05, 3.63) is 47.0 Å². The fourth-order valence-corrected chi connectivity index (χ4v) is 3.99. The number of fused-ring (bicyclic) bond motifs is 3. The van der Waals surface area contributed by atoms with Crippen LogP contribution in [-0.2, 0) is 11.3 Å². The molecule has 27 heavy (non-hydrogen) atoms. The Hall–Kier alpha value is -2.38. The number of hydrogen-bond donors (Lipinski definition) is 0. The van der Waals surface area contributed by atoms with E-state index in [4.69, 9.17) is 4.74 Å². The van der Waals surface area contributed by atoms with E-state index in [1.807, 2.05) is 35.2 Å². The smallest absolute Gasteiger partial charge is 0.254 e.